The van der Waals surface area contributed by atoms with Crippen molar-refractivity contribution in [3.8, 4) is 0 Å². The number of nitrogens with zero attached hydrogens (tertiary/aromatic N) is 1. The molecule has 0 fully saturated rings. The minimum Gasteiger partial charge on any atom is -0.481 e. The van der Waals surface area contributed by atoms with Crippen LogP contribution in [-0.4, -0.2) is 88.3 Å². The SMILES string of the molecule is CC(NC(=O)C(CCC(=O)O)NC(=O)C(CO)NC(=O)C(N)CCCN=C(N)N)C(=O)O. The van der Waals surface area contributed by atoms with Crippen molar-refractivity contribution in [3.05, 3.63) is 0 Å². The zero-order valence-corrected chi connectivity index (χ0v) is 17.6. The second-order valence-electron chi connectivity index (χ2n) is 6.86. The van der Waals surface area contributed by atoms with Gasteiger partial charge in [0.2, 0.25) is 17.7 Å². The molecule has 4 atom stereocenters. The van der Waals surface area contributed by atoms with Crippen molar-refractivity contribution in [2.75, 3.05) is 13.2 Å². The lowest BCUT2D eigenvalue weighted by molar-refractivity contribution is -0.142. The first kappa shape index (κ1) is 28.5. The summed E-state index contributed by atoms with van der Waals surface area (Å²) in [6.45, 7) is 0.584. The van der Waals surface area contributed by atoms with Gasteiger partial charge in [0.1, 0.15) is 18.1 Å². The Labute approximate surface area is 183 Å². The van der Waals surface area contributed by atoms with Gasteiger partial charge in [-0.25, -0.2) is 0 Å². The standard InChI is InChI=1S/C17H31N7O8/c1-8(16(31)32)22-14(29)10(4-5-12(26)27)23-15(30)11(7-25)24-13(28)9(18)3-2-6-21-17(19)20/h8-11,25H,2-7,18H2,1H3,(H,22,29)(H,23,30)(H,24,28)(H,26,27)(H,31,32)(H4,19,20,21). The number of amides is 3. The monoisotopic (exact) mass is 461 g/mol. The molecule has 0 radical (unpaired) electrons. The summed E-state index contributed by atoms with van der Waals surface area (Å²) in [5.41, 5.74) is 16.1. The van der Waals surface area contributed by atoms with Crippen molar-refractivity contribution in [3.63, 3.8) is 0 Å². The van der Waals surface area contributed by atoms with Crippen molar-refractivity contribution in [2.24, 2.45) is 22.2 Å². The molecule has 0 aromatic heterocycles. The van der Waals surface area contributed by atoms with E-state index < -0.39 is 66.9 Å². The smallest absolute Gasteiger partial charge is 0.325 e. The molecule has 12 N–H and O–H groups in total. The number of aliphatic imine (C=N–C) groups is 1. The molecule has 4 unspecified atom stereocenters. The Morgan fingerprint density at radius 3 is 1.97 bits per heavy atom. The van der Waals surface area contributed by atoms with E-state index in [1.165, 1.54) is 6.92 Å². The lowest BCUT2D eigenvalue weighted by Gasteiger charge is -2.23. The number of aliphatic carboxylic acids is 2. The Balaban J connectivity index is 5.02. The summed E-state index contributed by atoms with van der Waals surface area (Å²) in [5, 5.41) is 33.7. The quantitative estimate of drug-likeness (QED) is 0.0640. The topological polar surface area (TPSA) is 273 Å². The van der Waals surface area contributed by atoms with Crippen LogP contribution in [-0.2, 0) is 24.0 Å². The van der Waals surface area contributed by atoms with Crippen LogP contribution in [0, 0.1) is 0 Å². The van der Waals surface area contributed by atoms with Gasteiger partial charge >= 0.3 is 11.9 Å². The first-order valence-electron chi connectivity index (χ1n) is 9.66. The van der Waals surface area contributed by atoms with Gasteiger partial charge in [-0.05, 0) is 26.2 Å². The first-order valence-corrected chi connectivity index (χ1v) is 9.66. The number of hydrogen-bond donors (Lipinski definition) is 9. The summed E-state index contributed by atoms with van der Waals surface area (Å²) in [4.78, 5) is 62.3. The van der Waals surface area contributed by atoms with Crippen LogP contribution in [0.15, 0.2) is 4.99 Å². The third-order valence-electron chi connectivity index (χ3n) is 4.13. The normalized spacial score (nSPS) is 14.2. The number of hydrogen-bond acceptors (Lipinski definition) is 8. The summed E-state index contributed by atoms with van der Waals surface area (Å²) in [6, 6.07) is -5.23. The van der Waals surface area contributed by atoms with Crippen LogP contribution in [0.5, 0.6) is 0 Å². The van der Waals surface area contributed by atoms with Crippen LogP contribution in [0.4, 0.5) is 0 Å². The third-order valence-corrected chi connectivity index (χ3v) is 4.13. The Bertz CT molecular complexity index is 711. The number of aliphatic hydroxyl groups is 1. The number of nitrogens with one attached hydrogen (secondary N) is 3. The van der Waals surface area contributed by atoms with Crippen molar-refractivity contribution in [1.82, 2.24) is 16.0 Å². The van der Waals surface area contributed by atoms with E-state index >= 15 is 0 Å². The molecular formula is C17H31N7O8. The number of rotatable bonds is 15. The molecule has 15 nitrogen and oxygen atoms in total. The van der Waals surface area contributed by atoms with Crippen LogP contribution >= 0.6 is 0 Å². The molecule has 15 heteroatoms. The predicted octanol–water partition coefficient (Wildman–Crippen LogP) is -4.22. The van der Waals surface area contributed by atoms with Crippen LogP contribution < -0.4 is 33.2 Å². The lowest BCUT2D eigenvalue weighted by Crippen LogP contribution is -2.57. The molecule has 32 heavy (non-hydrogen) atoms. The summed E-state index contributed by atoms with van der Waals surface area (Å²) < 4.78 is 0. The zero-order valence-electron chi connectivity index (χ0n) is 17.6. The number of nitrogens with two attached hydrogens (primary N) is 3. The highest BCUT2D eigenvalue weighted by Gasteiger charge is 2.29. The Morgan fingerprint density at radius 2 is 1.47 bits per heavy atom. The summed E-state index contributed by atoms with van der Waals surface area (Å²) in [7, 11) is 0. The molecular weight excluding hydrogens is 430 g/mol. The van der Waals surface area contributed by atoms with Gasteiger partial charge in [-0.3, -0.25) is 29.0 Å². The highest BCUT2D eigenvalue weighted by Crippen LogP contribution is 2.02. The van der Waals surface area contributed by atoms with E-state index in [1.807, 2.05) is 0 Å². The summed E-state index contributed by atoms with van der Waals surface area (Å²) in [5.74, 6) is -5.37. The number of aliphatic hydroxyl groups excluding tert-OH is 1. The highest BCUT2D eigenvalue weighted by molar-refractivity contribution is 5.94. The van der Waals surface area contributed by atoms with Crippen molar-refractivity contribution >= 4 is 35.6 Å². The Morgan fingerprint density at radius 1 is 0.906 bits per heavy atom. The maximum atomic E-state index is 12.4. The molecule has 0 aromatic carbocycles. The van der Waals surface area contributed by atoms with E-state index in [0.29, 0.717) is 6.42 Å². The van der Waals surface area contributed by atoms with E-state index in [4.69, 9.17) is 27.4 Å². The molecule has 0 aromatic rings. The van der Waals surface area contributed by atoms with Gasteiger partial charge in [0.15, 0.2) is 5.96 Å². The van der Waals surface area contributed by atoms with Crippen molar-refractivity contribution in [1.29, 1.82) is 0 Å². The second-order valence-corrected chi connectivity index (χ2v) is 6.86. The highest BCUT2D eigenvalue weighted by atomic mass is 16.4. The van der Waals surface area contributed by atoms with E-state index in [1.54, 1.807) is 0 Å². The maximum absolute atomic E-state index is 12.4. The fourth-order valence-electron chi connectivity index (χ4n) is 2.31. The van der Waals surface area contributed by atoms with Crippen molar-refractivity contribution < 1.29 is 39.3 Å². The lowest BCUT2D eigenvalue weighted by atomic mass is 10.1. The molecule has 3 amide bonds. The zero-order chi connectivity index (χ0) is 24.8. The number of guanidine groups is 1. The molecule has 0 saturated heterocycles. The molecule has 182 valence electrons. The Kier molecular flexibility index (Phi) is 13.0. The molecule has 0 saturated carbocycles. The van der Waals surface area contributed by atoms with Crippen molar-refractivity contribution in [2.45, 2.75) is 56.8 Å². The van der Waals surface area contributed by atoms with Gasteiger partial charge < -0.3 is 48.5 Å². The van der Waals surface area contributed by atoms with E-state index in [0.717, 1.165) is 0 Å². The molecule has 0 aliphatic heterocycles. The third kappa shape index (κ3) is 11.7. The summed E-state index contributed by atoms with van der Waals surface area (Å²) >= 11 is 0. The van der Waals surface area contributed by atoms with Crippen LogP contribution in [0.1, 0.15) is 32.6 Å². The number of carboxylic acid groups (broad SMARTS) is 2. The molecule has 0 aliphatic carbocycles. The maximum Gasteiger partial charge on any atom is 0.325 e. The largest absolute Gasteiger partial charge is 0.481 e. The molecule has 0 heterocycles. The van der Waals surface area contributed by atoms with Gasteiger partial charge in [-0.15, -0.1) is 0 Å². The van der Waals surface area contributed by atoms with Crippen LogP contribution in [0.3, 0.4) is 0 Å². The molecule has 0 bridgehead atoms. The van der Waals surface area contributed by atoms with E-state index in [-0.39, 0.29) is 25.3 Å². The average molecular weight is 461 g/mol. The fourth-order valence-corrected chi connectivity index (χ4v) is 2.31. The molecule has 0 aliphatic rings. The summed E-state index contributed by atoms with van der Waals surface area (Å²) in [6.07, 6.45) is -0.299. The second kappa shape index (κ2) is 14.5. The predicted molar refractivity (Wildman–Crippen MR) is 111 cm³/mol. The van der Waals surface area contributed by atoms with E-state index in [2.05, 4.69) is 20.9 Å². The number of carbonyl (C=O) groups is 5. The van der Waals surface area contributed by atoms with Gasteiger partial charge in [-0.1, -0.05) is 0 Å². The van der Waals surface area contributed by atoms with Gasteiger partial charge in [0.25, 0.3) is 0 Å². The van der Waals surface area contributed by atoms with Gasteiger partial charge in [0.05, 0.1) is 12.6 Å². The fraction of sp³-hybridized carbons (Fsp3) is 0.647. The average Bonchev–Trinajstić information content (AvgIpc) is 2.71. The van der Waals surface area contributed by atoms with Crippen LogP contribution in [0.25, 0.3) is 0 Å². The van der Waals surface area contributed by atoms with Gasteiger partial charge in [0, 0.05) is 13.0 Å². The molecule has 0 rings (SSSR count). The van der Waals surface area contributed by atoms with Gasteiger partial charge in [-0.2, -0.15) is 0 Å². The number of carbonyl (C=O) groups excluding carboxylic acids is 3. The van der Waals surface area contributed by atoms with Crippen LogP contribution in [0.2, 0.25) is 0 Å². The van der Waals surface area contributed by atoms with E-state index in [9.17, 15) is 29.1 Å². The first-order chi connectivity index (χ1) is 14.9. The Hall–Kier alpha value is -3.46. The minimum atomic E-state index is -1.48. The number of carboxylic acids is 2. The molecule has 0 spiro atoms. The minimum absolute atomic E-state index is 0.112.